The number of hydrogen-bond donors (Lipinski definition) is 1. The molecule has 0 saturated carbocycles. The van der Waals surface area contributed by atoms with Crippen molar-refractivity contribution in [3.05, 3.63) is 29.3 Å². The summed E-state index contributed by atoms with van der Waals surface area (Å²) in [6, 6.07) is 6.03. The number of aliphatic carboxylic acids is 1. The number of hydrogen-bond acceptors (Lipinski definition) is 2. The molecule has 0 bridgehead atoms. The highest BCUT2D eigenvalue weighted by atomic mass is 16.4. The third kappa shape index (κ3) is 2.98. The van der Waals surface area contributed by atoms with Gasteiger partial charge in [-0.3, -0.25) is 4.79 Å². The lowest BCUT2D eigenvalue weighted by molar-refractivity contribution is -0.136. The predicted molar refractivity (Wildman–Crippen MR) is 61.5 cm³/mol. The van der Waals surface area contributed by atoms with Gasteiger partial charge in [-0.15, -0.1) is 0 Å². The van der Waals surface area contributed by atoms with Crippen molar-refractivity contribution in [1.82, 2.24) is 0 Å². The number of carboxylic acid groups (broad SMARTS) is 1. The van der Waals surface area contributed by atoms with Gasteiger partial charge in [0.2, 0.25) is 0 Å². The molecule has 0 heterocycles. The highest BCUT2D eigenvalue weighted by Gasteiger charge is 2.08. The largest absolute Gasteiger partial charge is 0.481 e. The van der Waals surface area contributed by atoms with Crippen LogP contribution in [-0.2, 0) is 11.2 Å². The maximum Gasteiger partial charge on any atom is 0.303 e. The zero-order valence-corrected chi connectivity index (χ0v) is 9.45. The molecule has 1 N–H and O–H groups in total. The second-order valence-electron chi connectivity index (χ2n) is 3.86. The first-order valence-corrected chi connectivity index (χ1v) is 5.00. The van der Waals surface area contributed by atoms with Gasteiger partial charge in [0.1, 0.15) is 0 Å². The molecule has 1 rings (SSSR count). The molecule has 82 valence electrons. The average molecular weight is 207 g/mol. The summed E-state index contributed by atoms with van der Waals surface area (Å²) in [6.07, 6.45) is 0.779. The summed E-state index contributed by atoms with van der Waals surface area (Å²) in [5, 5.41) is 8.68. The Morgan fingerprint density at radius 3 is 2.60 bits per heavy atom. The van der Waals surface area contributed by atoms with Gasteiger partial charge in [0.25, 0.3) is 0 Å². The van der Waals surface area contributed by atoms with E-state index >= 15 is 0 Å². The zero-order valence-electron chi connectivity index (χ0n) is 9.45. The average Bonchev–Trinajstić information content (AvgIpc) is 2.15. The van der Waals surface area contributed by atoms with Crippen molar-refractivity contribution in [2.45, 2.75) is 19.8 Å². The number of benzene rings is 1. The number of carbonyl (C=O) groups is 1. The minimum Gasteiger partial charge on any atom is -0.481 e. The summed E-state index contributed by atoms with van der Waals surface area (Å²) in [5.74, 6) is -0.747. The Labute approximate surface area is 90.3 Å². The molecule has 0 aliphatic heterocycles. The van der Waals surface area contributed by atoms with Crippen molar-refractivity contribution in [3.8, 4) is 0 Å². The molecule has 0 radical (unpaired) electrons. The quantitative estimate of drug-likeness (QED) is 0.821. The van der Waals surface area contributed by atoms with E-state index < -0.39 is 5.97 Å². The molecule has 0 unspecified atom stereocenters. The van der Waals surface area contributed by atoms with Gasteiger partial charge >= 0.3 is 5.97 Å². The van der Waals surface area contributed by atoms with Crippen LogP contribution in [-0.4, -0.2) is 25.2 Å². The van der Waals surface area contributed by atoms with Crippen LogP contribution in [0.3, 0.4) is 0 Å². The highest BCUT2D eigenvalue weighted by Crippen LogP contribution is 2.23. The molecule has 1 aromatic carbocycles. The number of carboxylic acids is 1. The number of rotatable bonds is 4. The third-order valence-electron chi connectivity index (χ3n) is 2.46. The van der Waals surface area contributed by atoms with Gasteiger partial charge < -0.3 is 10.0 Å². The maximum atomic E-state index is 10.6. The summed E-state index contributed by atoms with van der Waals surface area (Å²) in [6.45, 7) is 2.02. The Bertz CT molecular complexity index is 359. The van der Waals surface area contributed by atoms with Crippen LogP contribution in [0.4, 0.5) is 5.69 Å². The van der Waals surface area contributed by atoms with Gasteiger partial charge in [0.05, 0.1) is 0 Å². The summed E-state index contributed by atoms with van der Waals surface area (Å²) in [5.41, 5.74) is 3.39. The number of anilines is 1. The standard InChI is InChI=1S/C12H17NO2/c1-9-5-4-6-11(13(2)3)10(9)7-8-12(14)15/h4-6H,7-8H2,1-3H3,(H,14,15). The monoisotopic (exact) mass is 207 g/mol. The molecule has 1 aromatic rings. The van der Waals surface area contributed by atoms with Gasteiger partial charge in [-0.25, -0.2) is 0 Å². The second kappa shape index (κ2) is 4.82. The minimum atomic E-state index is -0.747. The molecule has 0 spiro atoms. The van der Waals surface area contributed by atoms with Crippen LogP contribution in [0.5, 0.6) is 0 Å². The van der Waals surface area contributed by atoms with E-state index in [-0.39, 0.29) is 6.42 Å². The smallest absolute Gasteiger partial charge is 0.303 e. The molecular formula is C12H17NO2. The molecule has 0 saturated heterocycles. The Morgan fingerprint density at radius 2 is 2.07 bits per heavy atom. The fraction of sp³-hybridized carbons (Fsp3) is 0.417. The van der Waals surface area contributed by atoms with E-state index in [0.29, 0.717) is 6.42 Å². The Balaban J connectivity index is 2.97. The van der Waals surface area contributed by atoms with Crippen LogP contribution in [0.2, 0.25) is 0 Å². The van der Waals surface area contributed by atoms with Crippen molar-refractivity contribution < 1.29 is 9.90 Å². The van der Waals surface area contributed by atoms with Crippen LogP contribution in [0, 0.1) is 6.92 Å². The van der Waals surface area contributed by atoms with Crippen LogP contribution < -0.4 is 4.90 Å². The lowest BCUT2D eigenvalue weighted by Crippen LogP contribution is -2.12. The first-order valence-electron chi connectivity index (χ1n) is 5.00. The van der Waals surface area contributed by atoms with E-state index in [1.807, 2.05) is 44.1 Å². The molecule has 15 heavy (non-hydrogen) atoms. The fourth-order valence-corrected chi connectivity index (χ4v) is 1.66. The SMILES string of the molecule is Cc1cccc(N(C)C)c1CCC(=O)O. The molecule has 0 amide bonds. The van der Waals surface area contributed by atoms with Crippen molar-refractivity contribution >= 4 is 11.7 Å². The number of nitrogens with zero attached hydrogens (tertiary/aromatic N) is 1. The van der Waals surface area contributed by atoms with Gasteiger partial charge in [0, 0.05) is 26.2 Å². The van der Waals surface area contributed by atoms with Crippen molar-refractivity contribution in [3.63, 3.8) is 0 Å². The molecule has 3 heteroatoms. The highest BCUT2D eigenvalue weighted by molar-refractivity contribution is 5.68. The van der Waals surface area contributed by atoms with E-state index in [9.17, 15) is 4.79 Å². The molecule has 0 aliphatic carbocycles. The van der Waals surface area contributed by atoms with Crippen LogP contribution in [0.25, 0.3) is 0 Å². The Kier molecular flexibility index (Phi) is 3.72. The molecule has 0 aromatic heterocycles. The van der Waals surface area contributed by atoms with Crippen molar-refractivity contribution in [2.75, 3.05) is 19.0 Å². The van der Waals surface area contributed by atoms with E-state index in [2.05, 4.69) is 0 Å². The molecule has 0 fully saturated rings. The normalized spacial score (nSPS) is 10.1. The lowest BCUT2D eigenvalue weighted by atomic mass is 10.0. The van der Waals surface area contributed by atoms with E-state index in [1.54, 1.807) is 0 Å². The summed E-state index contributed by atoms with van der Waals surface area (Å²) in [7, 11) is 3.94. The minimum absolute atomic E-state index is 0.186. The van der Waals surface area contributed by atoms with Crippen molar-refractivity contribution in [2.24, 2.45) is 0 Å². The van der Waals surface area contributed by atoms with Gasteiger partial charge in [-0.1, -0.05) is 12.1 Å². The van der Waals surface area contributed by atoms with E-state index in [1.165, 1.54) is 0 Å². The van der Waals surface area contributed by atoms with Crippen LogP contribution >= 0.6 is 0 Å². The maximum absolute atomic E-state index is 10.6. The Hall–Kier alpha value is -1.51. The van der Waals surface area contributed by atoms with Crippen molar-refractivity contribution in [1.29, 1.82) is 0 Å². The summed E-state index contributed by atoms with van der Waals surface area (Å²) >= 11 is 0. The molecule has 0 aliphatic rings. The van der Waals surface area contributed by atoms with Gasteiger partial charge in [0.15, 0.2) is 0 Å². The predicted octanol–water partition coefficient (Wildman–Crippen LogP) is 2.08. The van der Waals surface area contributed by atoms with Crippen LogP contribution in [0.15, 0.2) is 18.2 Å². The molecule has 0 atom stereocenters. The topological polar surface area (TPSA) is 40.5 Å². The fourth-order valence-electron chi connectivity index (χ4n) is 1.66. The lowest BCUT2D eigenvalue weighted by Gasteiger charge is -2.18. The van der Waals surface area contributed by atoms with Crippen LogP contribution in [0.1, 0.15) is 17.5 Å². The summed E-state index contributed by atoms with van der Waals surface area (Å²) < 4.78 is 0. The van der Waals surface area contributed by atoms with Gasteiger partial charge in [-0.05, 0) is 30.5 Å². The number of aryl methyl sites for hydroxylation is 1. The first-order chi connectivity index (χ1) is 7.02. The van der Waals surface area contributed by atoms with E-state index in [0.717, 1.165) is 16.8 Å². The van der Waals surface area contributed by atoms with Gasteiger partial charge in [-0.2, -0.15) is 0 Å². The first kappa shape index (κ1) is 11.6. The third-order valence-corrected chi connectivity index (χ3v) is 2.46. The second-order valence-corrected chi connectivity index (χ2v) is 3.86. The zero-order chi connectivity index (χ0) is 11.4. The Morgan fingerprint density at radius 1 is 1.40 bits per heavy atom. The van der Waals surface area contributed by atoms with E-state index in [4.69, 9.17) is 5.11 Å². The molecular weight excluding hydrogens is 190 g/mol. The summed E-state index contributed by atoms with van der Waals surface area (Å²) in [4.78, 5) is 12.6. The molecule has 3 nitrogen and oxygen atoms in total.